The van der Waals surface area contributed by atoms with Gasteiger partial charge in [-0.2, -0.15) is 0 Å². The Hall–Kier alpha value is -1.15. The number of aryl methyl sites for hydroxylation is 1. The first-order chi connectivity index (χ1) is 9.78. The monoisotopic (exact) mass is 317 g/mol. The Morgan fingerprint density at radius 3 is 2.62 bits per heavy atom. The number of carbonyl (C=O) groups is 1. The fourth-order valence-electron chi connectivity index (χ4n) is 1.52. The third-order valence-corrected chi connectivity index (χ3v) is 3.32. The number of rotatable bonds is 7. The summed E-state index contributed by atoms with van der Waals surface area (Å²) < 4.78 is 5.06. The Balaban J connectivity index is 3.02. The van der Waals surface area contributed by atoms with Gasteiger partial charge in [0, 0.05) is 4.88 Å². The number of esters is 1. The van der Waals surface area contributed by atoms with Crippen LogP contribution in [0.15, 0.2) is 6.07 Å². The van der Waals surface area contributed by atoms with Gasteiger partial charge in [0.05, 0.1) is 29.9 Å². The Morgan fingerprint density at radius 2 is 2.10 bits per heavy atom. The quantitative estimate of drug-likeness (QED) is 0.472. The molecular formula is C14H23NO5S. The molecule has 0 aliphatic heterocycles. The first-order valence-electron chi connectivity index (χ1n) is 6.69. The van der Waals surface area contributed by atoms with Crippen molar-refractivity contribution < 1.29 is 24.1 Å². The Kier molecular flexibility index (Phi) is 6.60. The maximum absolute atomic E-state index is 12.1. The van der Waals surface area contributed by atoms with Crippen molar-refractivity contribution in [3.8, 4) is 0 Å². The van der Waals surface area contributed by atoms with E-state index in [1.54, 1.807) is 6.92 Å². The minimum absolute atomic E-state index is 0.269. The average Bonchev–Trinajstić information content (AvgIpc) is 2.70. The second kappa shape index (κ2) is 7.74. The molecule has 120 valence electrons. The second-order valence-corrected chi connectivity index (χ2v) is 6.65. The summed E-state index contributed by atoms with van der Waals surface area (Å²) >= 11 is 1.42. The third kappa shape index (κ3) is 5.62. The van der Waals surface area contributed by atoms with E-state index in [9.17, 15) is 4.79 Å². The molecule has 0 spiro atoms. The zero-order chi connectivity index (χ0) is 16.0. The minimum Gasteiger partial charge on any atom is -0.464 e. The molecule has 0 amide bonds. The van der Waals surface area contributed by atoms with E-state index in [1.165, 1.54) is 18.4 Å². The molecule has 1 atom stereocenters. The Labute approximate surface area is 129 Å². The predicted octanol–water partition coefficient (Wildman–Crippen LogP) is 3.38. The van der Waals surface area contributed by atoms with E-state index in [-0.39, 0.29) is 6.61 Å². The van der Waals surface area contributed by atoms with Crippen molar-refractivity contribution in [1.82, 2.24) is 0 Å². The highest BCUT2D eigenvalue weighted by Crippen LogP contribution is 2.35. The van der Waals surface area contributed by atoms with Gasteiger partial charge in [-0.05, 0) is 40.7 Å². The number of hydrogen-bond donors (Lipinski definition) is 1. The van der Waals surface area contributed by atoms with Gasteiger partial charge in [0.15, 0.2) is 0 Å². The molecule has 1 aromatic heterocycles. The molecule has 1 heterocycles. The van der Waals surface area contributed by atoms with Crippen molar-refractivity contribution in [2.45, 2.75) is 46.3 Å². The van der Waals surface area contributed by atoms with Crippen LogP contribution in [-0.2, 0) is 24.1 Å². The lowest BCUT2D eigenvalue weighted by Crippen LogP contribution is -2.25. The topological polar surface area (TPSA) is 66.0 Å². The van der Waals surface area contributed by atoms with Crippen molar-refractivity contribution in [2.24, 2.45) is 0 Å². The Bertz CT molecular complexity index is 466. The van der Waals surface area contributed by atoms with E-state index in [2.05, 4.69) is 5.48 Å². The molecule has 6 nitrogen and oxygen atoms in total. The number of nitrogens with one attached hydrogen (secondary N) is 1. The fraction of sp³-hybridized carbons (Fsp3) is 0.643. The predicted molar refractivity (Wildman–Crippen MR) is 81.0 cm³/mol. The molecule has 1 aromatic rings. The number of carbonyl (C=O) groups excluding carboxylic acids is 1. The molecule has 1 rings (SSSR count). The Morgan fingerprint density at radius 1 is 1.43 bits per heavy atom. The molecule has 1 unspecified atom stereocenters. The van der Waals surface area contributed by atoms with Crippen molar-refractivity contribution >= 4 is 23.0 Å². The first kappa shape index (κ1) is 17.9. The molecule has 7 heteroatoms. The first-order valence-corrected chi connectivity index (χ1v) is 7.50. The van der Waals surface area contributed by atoms with Crippen LogP contribution in [0.4, 0.5) is 5.69 Å². The van der Waals surface area contributed by atoms with E-state index >= 15 is 0 Å². The van der Waals surface area contributed by atoms with Crippen LogP contribution >= 0.6 is 11.3 Å². The molecule has 0 radical (unpaired) electrons. The zero-order valence-corrected chi connectivity index (χ0v) is 14.1. The van der Waals surface area contributed by atoms with E-state index in [0.717, 1.165) is 4.88 Å². The van der Waals surface area contributed by atoms with Gasteiger partial charge in [-0.15, -0.1) is 11.3 Å². The van der Waals surface area contributed by atoms with Crippen LogP contribution in [0.1, 0.15) is 43.6 Å². The summed E-state index contributed by atoms with van der Waals surface area (Å²) in [5, 5.41) is 0. The summed E-state index contributed by atoms with van der Waals surface area (Å²) in [5.41, 5.74) is 2.87. The summed E-state index contributed by atoms with van der Waals surface area (Å²) in [5.74, 6) is -0.497. The molecule has 0 saturated carbocycles. The van der Waals surface area contributed by atoms with Gasteiger partial charge >= 0.3 is 5.97 Å². The lowest BCUT2D eigenvalue weighted by Gasteiger charge is -2.22. The van der Waals surface area contributed by atoms with Crippen molar-refractivity contribution in [3.63, 3.8) is 0 Å². The van der Waals surface area contributed by atoms with E-state index in [4.69, 9.17) is 19.3 Å². The molecule has 1 N–H and O–H groups in total. The summed E-state index contributed by atoms with van der Waals surface area (Å²) in [6.07, 6.45) is -0.958. The molecular weight excluding hydrogens is 294 g/mol. The van der Waals surface area contributed by atoms with Gasteiger partial charge < -0.3 is 4.74 Å². The highest BCUT2D eigenvalue weighted by Gasteiger charge is 2.31. The normalized spacial score (nSPS) is 13.0. The molecule has 0 aromatic carbocycles. The fourth-order valence-corrected chi connectivity index (χ4v) is 2.49. The smallest absolute Gasteiger partial charge is 0.344 e. The van der Waals surface area contributed by atoms with Crippen LogP contribution in [0, 0.1) is 6.92 Å². The highest BCUT2D eigenvalue weighted by atomic mass is 32.1. The van der Waals surface area contributed by atoms with Crippen molar-refractivity contribution in [3.05, 3.63) is 15.8 Å². The van der Waals surface area contributed by atoms with Gasteiger partial charge in [0.2, 0.25) is 6.10 Å². The van der Waals surface area contributed by atoms with Gasteiger partial charge in [-0.3, -0.25) is 10.3 Å². The largest absolute Gasteiger partial charge is 0.464 e. The average molecular weight is 317 g/mol. The number of ether oxygens (including phenoxy) is 1. The molecule has 0 saturated heterocycles. The molecule has 0 bridgehead atoms. The van der Waals surface area contributed by atoms with Gasteiger partial charge in [0.1, 0.15) is 0 Å². The van der Waals surface area contributed by atoms with Crippen LogP contribution in [0.2, 0.25) is 0 Å². The number of thiophene rings is 1. The number of hydrogen-bond acceptors (Lipinski definition) is 7. The van der Waals surface area contributed by atoms with Gasteiger partial charge in [-0.25, -0.2) is 14.6 Å². The van der Waals surface area contributed by atoms with Crippen molar-refractivity contribution in [1.29, 1.82) is 0 Å². The van der Waals surface area contributed by atoms with Crippen LogP contribution in [-0.4, -0.2) is 25.3 Å². The van der Waals surface area contributed by atoms with Crippen LogP contribution in [0.3, 0.4) is 0 Å². The summed E-state index contributed by atoms with van der Waals surface area (Å²) in [6, 6.07) is 1.87. The van der Waals surface area contributed by atoms with Gasteiger partial charge in [0.25, 0.3) is 0 Å². The van der Waals surface area contributed by atoms with E-state index in [0.29, 0.717) is 10.6 Å². The standard InChI is InChI=1S/C14H23NO5S/c1-7-18-13(16)11(19-20-14(3,4)5)12-10(15-17-6)8-9(2)21-12/h8,11,15H,7H2,1-6H3. The summed E-state index contributed by atoms with van der Waals surface area (Å²) in [4.78, 5) is 29.4. The highest BCUT2D eigenvalue weighted by molar-refractivity contribution is 7.12. The lowest BCUT2D eigenvalue weighted by atomic mass is 10.2. The second-order valence-electron chi connectivity index (χ2n) is 5.37. The van der Waals surface area contributed by atoms with Crippen molar-refractivity contribution in [2.75, 3.05) is 19.2 Å². The minimum atomic E-state index is -0.958. The maximum Gasteiger partial charge on any atom is 0.344 e. The number of anilines is 1. The summed E-state index contributed by atoms with van der Waals surface area (Å²) in [6.45, 7) is 9.45. The van der Waals surface area contributed by atoms with E-state index in [1.807, 2.05) is 33.8 Å². The lowest BCUT2D eigenvalue weighted by molar-refractivity contribution is -0.370. The van der Waals surface area contributed by atoms with Crippen LogP contribution in [0.5, 0.6) is 0 Å². The maximum atomic E-state index is 12.1. The zero-order valence-electron chi connectivity index (χ0n) is 13.3. The van der Waals surface area contributed by atoms with E-state index < -0.39 is 17.7 Å². The third-order valence-electron chi connectivity index (χ3n) is 2.23. The molecule has 21 heavy (non-hydrogen) atoms. The molecule has 0 fully saturated rings. The van der Waals surface area contributed by atoms with Crippen LogP contribution in [0.25, 0.3) is 0 Å². The van der Waals surface area contributed by atoms with Crippen LogP contribution < -0.4 is 5.48 Å². The molecule has 0 aliphatic rings. The SMILES string of the molecule is CCOC(=O)C(OOC(C)(C)C)c1sc(C)cc1NOC. The van der Waals surface area contributed by atoms with Gasteiger partial charge in [-0.1, -0.05) is 0 Å². The molecule has 0 aliphatic carbocycles. The summed E-state index contributed by atoms with van der Waals surface area (Å²) in [7, 11) is 1.50.